The van der Waals surface area contributed by atoms with Crippen LogP contribution in [0.1, 0.15) is 32.3 Å². The Morgan fingerprint density at radius 2 is 1.86 bits per heavy atom. The van der Waals surface area contributed by atoms with Gasteiger partial charge in [-0.1, -0.05) is 53.7 Å². The van der Waals surface area contributed by atoms with Gasteiger partial charge >= 0.3 is 6.03 Å². The van der Waals surface area contributed by atoms with E-state index in [0.29, 0.717) is 36.5 Å². The number of benzene rings is 1. The fraction of sp³-hybridized carbons (Fsp3) is 0.538. The third-order valence-electron chi connectivity index (χ3n) is 6.74. The van der Waals surface area contributed by atoms with Gasteiger partial charge in [0.05, 0.1) is 5.75 Å². The van der Waals surface area contributed by atoms with Crippen LogP contribution in [0, 0.1) is 0 Å². The number of nitrogens with zero attached hydrogens (tertiary/aromatic N) is 5. The molecule has 2 N–H and O–H groups in total. The van der Waals surface area contributed by atoms with Gasteiger partial charge in [0.1, 0.15) is 11.0 Å². The molecule has 2 fully saturated rings. The number of amides is 3. The number of hydrogen-bond acceptors (Lipinski definition) is 7. The molecule has 1 aromatic heterocycles. The maximum Gasteiger partial charge on any atom is 0.317 e. The highest BCUT2D eigenvalue weighted by molar-refractivity contribution is 7.99. The molecule has 3 amide bonds. The second-order valence-electron chi connectivity index (χ2n) is 9.55. The van der Waals surface area contributed by atoms with E-state index in [9.17, 15) is 9.59 Å². The SMILES string of the molecule is CCNC(=O)N1CCN(c2cc(Cl)nc(SCC(=O)NC3CCN(Cc4ccccc4)CC3)n2)CC1C. The number of carbonyl (C=O) groups is 2. The monoisotopic (exact) mass is 545 g/mol. The van der Waals surface area contributed by atoms with Crippen LogP contribution in [0.3, 0.4) is 0 Å². The van der Waals surface area contributed by atoms with Crippen molar-refractivity contribution in [1.29, 1.82) is 0 Å². The van der Waals surface area contributed by atoms with E-state index >= 15 is 0 Å². The molecular weight excluding hydrogens is 510 g/mol. The number of anilines is 1. The van der Waals surface area contributed by atoms with Gasteiger partial charge in [-0.05, 0) is 32.3 Å². The van der Waals surface area contributed by atoms with Crippen LogP contribution in [-0.2, 0) is 11.3 Å². The number of aromatic nitrogens is 2. The highest BCUT2D eigenvalue weighted by Gasteiger charge is 2.28. The van der Waals surface area contributed by atoms with Crippen molar-refractivity contribution >= 4 is 41.1 Å². The maximum atomic E-state index is 12.6. The van der Waals surface area contributed by atoms with Gasteiger partial charge in [-0.2, -0.15) is 0 Å². The number of likely N-dealkylation sites (tertiary alicyclic amines) is 1. The van der Waals surface area contributed by atoms with Gasteiger partial charge in [-0.15, -0.1) is 0 Å². The third kappa shape index (κ3) is 7.96. The fourth-order valence-electron chi connectivity index (χ4n) is 4.81. The van der Waals surface area contributed by atoms with E-state index in [0.717, 1.165) is 38.3 Å². The topological polar surface area (TPSA) is 93.7 Å². The summed E-state index contributed by atoms with van der Waals surface area (Å²) in [5.74, 6) is 0.947. The van der Waals surface area contributed by atoms with E-state index < -0.39 is 0 Å². The average Bonchev–Trinajstić information content (AvgIpc) is 2.89. The van der Waals surface area contributed by atoms with Crippen LogP contribution < -0.4 is 15.5 Å². The minimum absolute atomic E-state index is 0.0131. The number of carbonyl (C=O) groups excluding carboxylic acids is 2. The van der Waals surface area contributed by atoms with E-state index in [-0.39, 0.29) is 29.8 Å². The molecule has 0 aliphatic carbocycles. The average molecular weight is 546 g/mol. The van der Waals surface area contributed by atoms with Gasteiger partial charge in [0.2, 0.25) is 5.91 Å². The number of hydrogen-bond donors (Lipinski definition) is 2. The smallest absolute Gasteiger partial charge is 0.317 e. The molecule has 1 atom stereocenters. The molecule has 3 heterocycles. The van der Waals surface area contributed by atoms with Crippen LogP contribution >= 0.6 is 23.4 Å². The van der Waals surface area contributed by atoms with Gasteiger partial charge in [-0.25, -0.2) is 14.8 Å². The van der Waals surface area contributed by atoms with Crippen molar-refractivity contribution in [3.8, 4) is 0 Å². The molecule has 11 heteroatoms. The normalized spacial score (nSPS) is 19.1. The Hall–Kier alpha value is -2.56. The second kappa shape index (κ2) is 13.3. The van der Waals surface area contributed by atoms with E-state index in [1.54, 1.807) is 6.07 Å². The first-order valence-electron chi connectivity index (χ1n) is 12.9. The predicted octanol–water partition coefficient (Wildman–Crippen LogP) is 3.24. The van der Waals surface area contributed by atoms with E-state index in [4.69, 9.17) is 11.6 Å². The molecule has 1 aromatic carbocycles. The minimum atomic E-state index is -0.0421. The van der Waals surface area contributed by atoms with Crippen molar-refractivity contribution < 1.29 is 9.59 Å². The third-order valence-corrected chi connectivity index (χ3v) is 7.78. The molecule has 2 aromatic rings. The first-order chi connectivity index (χ1) is 17.9. The largest absolute Gasteiger partial charge is 0.353 e. The number of piperazine rings is 1. The Morgan fingerprint density at radius 3 is 2.57 bits per heavy atom. The van der Waals surface area contributed by atoms with Gasteiger partial charge in [-0.3, -0.25) is 9.69 Å². The molecule has 0 spiro atoms. The quantitative estimate of drug-likeness (QED) is 0.299. The Bertz CT molecular complexity index is 1050. The van der Waals surface area contributed by atoms with E-state index in [1.165, 1.54) is 17.3 Å². The Balaban J connectivity index is 1.23. The molecule has 2 aliphatic rings. The number of nitrogens with one attached hydrogen (secondary N) is 2. The van der Waals surface area contributed by atoms with Gasteiger partial charge in [0.25, 0.3) is 0 Å². The summed E-state index contributed by atoms with van der Waals surface area (Å²) < 4.78 is 0. The van der Waals surface area contributed by atoms with Gasteiger partial charge in [0.15, 0.2) is 5.16 Å². The van der Waals surface area contributed by atoms with Crippen LogP contribution in [0.2, 0.25) is 5.15 Å². The zero-order valence-corrected chi connectivity index (χ0v) is 23.1. The molecule has 1 unspecified atom stereocenters. The molecule has 9 nitrogen and oxygen atoms in total. The van der Waals surface area contributed by atoms with Gasteiger partial charge < -0.3 is 20.4 Å². The van der Waals surface area contributed by atoms with Crippen LogP contribution in [0.4, 0.5) is 10.6 Å². The number of piperidine rings is 1. The zero-order valence-electron chi connectivity index (χ0n) is 21.5. The lowest BCUT2D eigenvalue weighted by atomic mass is 10.0. The van der Waals surface area contributed by atoms with Crippen molar-refractivity contribution in [1.82, 2.24) is 30.4 Å². The van der Waals surface area contributed by atoms with Crippen LogP contribution in [0.25, 0.3) is 0 Å². The lowest BCUT2D eigenvalue weighted by Gasteiger charge is -2.40. The van der Waals surface area contributed by atoms with Crippen LogP contribution in [0.5, 0.6) is 0 Å². The molecule has 4 rings (SSSR count). The van der Waals surface area contributed by atoms with Crippen LogP contribution in [-0.4, -0.2) is 88.8 Å². The summed E-state index contributed by atoms with van der Waals surface area (Å²) in [6.07, 6.45) is 1.89. The van der Waals surface area contributed by atoms with Crippen molar-refractivity contribution in [2.75, 3.05) is 49.9 Å². The van der Waals surface area contributed by atoms with Crippen molar-refractivity contribution in [2.45, 2.75) is 50.5 Å². The van der Waals surface area contributed by atoms with Crippen molar-refractivity contribution in [2.24, 2.45) is 0 Å². The Morgan fingerprint density at radius 1 is 1.11 bits per heavy atom. The molecule has 200 valence electrons. The summed E-state index contributed by atoms with van der Waals surface area (Å²) in [5, 5.41) is 6.86. The lowest BCUT2D eigenvalue weighted by molar-refractivity contribution is -0.119. The second-order valence-corrected chi connectivity index (χ2v) is 10.9. The molecule has 0 bridgehead atoms. The van der Waals surface area contributed by atoms with Gasteiger partial charge in [0, 0.05) is 64.0 Å². The maximum absolute atomic E-state index is 12.6. The summed E-state index contributed by atoms with van der Waals surface area (Å²) in [6, 6.07) is 12.4. The summed E-state index contributed by atoms with van der Waals surface area (Å²) in [4.78, 5) is 40.2. The lowest BCUT2D eigenvalue weighted by Crippen LogP contribution is -2.56. The summed E-state index contributed by atoms with van der Waals surface area (Å²) in [5.41, 5.74) is 1.32. The standard InChI is InChI=1S/C26H36ClN7O2S/c1-3-28-26(36)34-14-13-33(16-19(34)2)23-15-22(27)30-25(31-23)37-18-24(35)29-21-9-11-32(12-10-21)17-20-7-5-4-6-8-20/h4-8,15,19,21H,3,9-14,16-18H2,1-2H3,(H,28,36)(H,29,35). The minimum Gasteiger partial charge on any atom is -0.353 e. The molecule has 37 heavy (non-hydrogen) atoms. The molecule has 2 saturated heterocycles. The first-order valence-corrected chi connectivity index (χ1v) is 14.3. The zero-order chi connectivity index (χ0) is 26.2. The number of thioether (sulfide) groups is 1. The number of rotatable bonds is 8. The predicted molar refractivity (Wildman–Crippen MR) is 148 cm³/mol. The molecular formula is C26H36ClN7O2S. The van der Waals surface area contributed by atoms with E-state index in [1.807, 2.05) is 24.8 Å². The molecule has 0 saturated carbocycles. The van der Waals surface area contributed by atoms with Crippen molar-refractivity contribution in [3.63, 3.8) is 0 Å². The summed E-state index contributed by atoms with van der Waals surface area (Å²) in [7, 11) is 0. The summed E-state index contributed by atoms with van der Waals surface area (Å²) in [6.45, 7) is 9.34. The first kappa shape index (κ1) is 27.5. The fourth-order valence-corrected chi connectivity index (χ4v) is 5.70. The number of urea groups is 1. The number of halogens is 1. The van der Waals surface area contributed by atoms with E-state index in [2.05, 4.69) is 54.7 Å². The highest BCUT2D eigenvalue weighted by atomic mass is 35.5. The summed E-state index contributed by atoms with van der Waals surface area (Å²) >= 11 is 7.59. The Kier molecular flexibility index (Phi) is 9.88. The molecule has 2 aliphatic heterocycles. The van der Waals surface area contributed by atoms with Crippen LogP contribution in [0.15, 0.2) is 41.6 Å². The highest BCUT2D eigenvalue weighted by Crippen LogP contribution is 2.24. The Labute approximate surface area is 228 Å². The van der Waals surface area contributed by atoms with Crippen molar-refractivity contribution in [3.05, 3.63) is 47.1 Å². The molecule has 0 radical (unpaired) electrons.